The van der Waals surface area contributed by atoms with Crippen LogP contribution in [0.1, 0.15) is 83.7 Å². The highest BCUT2D eigenvalue weighted by Crippen LogP contribution is 2.44. The van der Waals surface area contributed by atoms with Gasteiger partial charge in [-0.2, -0.15) is 0 Å². The Bertz CT molecular complexity index is 1370. The quantitative estimate of drug-likeness (QED) is 0.334. The van der Waals surface area contributed by atoms with E-state index in [2.05, 4.69) is 83.7 Å². The van der Waals surface area contributed by atoms with Crippen LogP contribution in [0, 0.1) is 31.6 Å². The maximum atomic E-state index is 11.0. The van der Waals surface area contributed by atoms with Crippen LogP contribution in [-0.4, -0.2) is 5.11 Å². The van der Waals surface area contributed by atoms with Gasteiger partial charge in [0, 0.05) is 5.56 Å². The van der Waals surface area contributed by atoms with Crippen molar-refractivity contribution in [1.29, 1.82) is 0 Å². The Hall–Kier alpha value is -3.06. The smallest absolute Gasteiger partial charge is 0.123 e. The van der Waals surface area contributed by atoms with Gasteiger partial charge < -0.3 is 5.11 Å². The lowest BCUT2D eigenvalue weighted by Gasteiger charge is -2.18. The molecule has 192 valence electrons. The Kier molecular flexibility index (Phi) is 7.17. The second-order valence-corrected chi connectivity index (χ2v) is 12.2. The second-order valence-electron chi connectivity index (χ2n) is 12.2. The molecule has 3 aromatic rings. The summed E-state index contributed by atoms with van der Waals surface area (Å²) in [6.07, 6.45) is 8.84. The summed E-state index contributed by atoms with van der Waals surface area (Å²) in [6, 6.07) is 17.6. The maximum absolute atomic E-state index is 11.0. The van der Waals surface area contributed by atoms with Gasteiger partial charge in [0.25, 0.3) is 0 Å². The molecule has 0 saturated carbocycles. The predicted octanol–water partition coefficient (Wildman–Crippen LogP) is 9.15. The van der Waals surface area contributed by atoms with E-state index >= 15 is 0 Å². The van der Waals surface area contributed by atoms with Crippen LogP contribution in [-0.2, 0) is 25.7 Å². The molecule has 1 nitrogen and oxygen atoms in total. The Labute approximate surface area is 224 Å². The number of hydrogen-bond acceptors (Lipinski definition) is 1. The van der Waals surface area contributed by atoms with Crippen LogP contribution < -0.4 is 0 Å². The molecule has 0 radical (unpaired) electrons. The van der Waals surface area contributed by atoms with Crippen molar-refractivity contribution in [1.82, 2.24) is 0 Å². The van der Waals surface area contributed by atoms with E-state index in [0.29, 0.717) is 17.6 Å². The van der Waals surface area contributed by atoms with E-state index in [4.69, 9.17) is 0 Å². The summed E-state index contributed by atoms with van der Waals surface area (Å²) < 4.78 is 0. The Morgan fingerprint density at radius 2 is 1.73 bits per heavy atom. The van der Waals surface area contributed by atoms with Gasteiger partial charge in [-0.25, -0.2) is 0 Å². The topological polar surface area (TPSA) is 20.2 Å². The van der Waals surface area contributed by atoms with Gasteiger partial charge in [0.15, 0.2) is 0 Å². The number of aromatic hydroxyl groups is 1. The first-order valence-corrected chi connectivity index (χ1v) is 14.1. The van der Waals surface area contributed by atoms with Crippen molar-refractivity contribution >= 4 is 17.2 Å². The van der Waals surface area contributed by atoms with Gasteiger partial charge in [0.1, 0.15) is 5.75 Å². The molecule has 0 spiro atoms. The lowest BCUT2D eigenvalue weighted by molar-refractivity contribution is 0.471. The molecule has 0 aliphatic heterocycles. The van der Waals surface area contributed by atoms with Crippen molar-refractivity contribution in [2.45, 2.75) is 73.1 Å². The van der Waals surface area contributed by atoms with E-state index in [1.165, 1.54) is 68.5 Å². The van der Waals surface area contributed by atoms with Crippen LogP contribution in [0.4, 0.5) is 0 Å². The highest BCUT2D eigenvalue weighted by atomic mass is 16.3. The van der Waals surface area contributed by atoms with Gasteiger partial charge in [0.05, 0.1) is 0 Å². The van der Waals surface area contributed by atoms with Gasteiger partial charge in [0.2, 0.25) is 0 Å². The van der Waals surface area contributed by atoms with Crippen LogP contribution in [0.15, 0.2) is 55.1 Å². The van der Waals surface area contributed by atoms with Crippen molar-refractivity contribution in [3.63, 3.8) is 0 Å². The zero-order valence-electron chi connectivity index (χ0n) is 23.3. The van der Waals surface area contributed by atoms with Gasteiger partial charge in [-0.15, -0.1) is 0 Å². The fraction of sp³-hybridized carbons (Fsp3) is 0.389. The summed E-state index contributed by atoms with van der Waals surface area (Å²) in [5.74, 6) is 2.22. The van der Waals surface area contributed by atoms with Gasteiger partial charge >= 0.3 is 0 Å². The molecule has 0 saturated heterocycles. The summed E-state index contributed by atoms with van der Waals surface area (Å²) in [7, 11) is 0. The third-order valence-corrected chi connectivity index (χ3v) is 8.56. The normalized spacial score (nSPS) is 17.2. The van der Waals surface area contributed by atoms with E-state index in [0.717, 1.165) is 37.2 Å². The fourth-order valence-electron chi connectivity index (χ4n) is 6.46. The lowest BCUT2D eigenvalue weighted by Crippen LogP contribution is -2.07. The van der Waals surface area contributed by atoms with E-state index in [1.807, 2.05) is 12.1 Å². The molecule has 1 N–H and O–H groups in total. The van der Waals surface area contributed by atoms with Crippen LogP contribution in [0.2, 0.25) is 0 Å². The van der Waals surface area contributed by atoms with Crippen molar-refractivity contribution in [3.05, 3.63) is 105 Å². The Morgan fingerprint density at radius 3 is 2.51 bits per heavy atom. The minimum Gasteiger partial charge on any atom is -0.507 e. The summed E-state index contributed by atoms with van der Waals surface area (Å²) in [5.41, 5.74) is 14.5. The molecular weight excluding hydrogens is 448 g/mol. The number of fused-ring (bicyclic) bond motifs is 2. The summed E-state index contributed by atoms with van der Waals surface area (Å²) in [4.78, 5) is 0. The predicted molar refractivity (Wildman–Crippen MR) is 159 cm³/mol. The first kappa shape index (κ1) is 25.6. The molecule has 1 heteroatoms. The minimum atomic E-state index is 0.404. The average Bonchev–Trinajstić information content (AvgIpc) is 3.38. The SMILES string of the molecule is C=C1c2cc3c(cc2CC1CCC(C)C)CC(c1c(O)cccc1CC(C)Cc1cc(C)ccc1C)=C3. The number of rotatable bonds is 8. The van der Waals surface area contributed by atoms with Crippen LogP contribution in [0.25, 0.3) is 17.2 Å². The van der Waals surface area contributed by atoms with Gasteiger partial charge in [-0.3, -0.25) is 0 Å². The van der Waals surface area contributed by atoms with E-state index in [1.54, 1.807) is 0 Å². The number of allylic oxidation sites excluding steroid dienone is 2. The number of aryl methyl sites for hydroxylation is 2. The minimum absolute atomic E-state index is 0.404. The molecule has 5 rings (SSSR count). The van der Waals surface area contributed by atoms with Gasteiger partial charge in [-0.05, 0) is 126 Å². The van der Waals surface area contributed by atoms with Gasteiger partial charge in [-0.1, -0.05) is 81.8 Å². The van der Waals surface area contributed by atoms with Crippen molar-refractivity contribution in [3.8, 4) is 5.75 Å². The zero-order chi connectivity index (χ0) is 26.3. The molecule has 2 aliphatic rings. The highest BCUT2D eigenvalue weighted by molar-refractivity contribution is 5.92. The lowest BCUT2D eigenvalue weighted by atomic mass is 9.87. The standard InChI is InChI=1S/C36H42O/c1-22(2)10-13-27-17-32-18-30-19-33(20-31(30)21-34(32)26(27)6)36-28(8-7-9-35(36)37)15-24(4)16-29-14-23(3)11-12-25(29)5/h7-9,11-12,14,18,20-22,24,27,37H,6,10,13,15-17,19H2,1-5H3. The number of hydrogen-bond donors (Lipinski definition) is 1. The van der Waals surface area contributed by atoms with Crippen LogP contribution in [0.3, 0.4) is 0 Å². The van der Waals surface area contributed by atoms with E-state index < -0.39 is 0 Å². The summed E-state index contributed by atoms with van der Waals surface area (Å²) in [5, 5.41) is 11.0. The zero-order valence-corrected chi connectivity index (χ0v) is 23.3. The molecule has 0 aromatic heterocycles. The van der Waals surface area contributed by atoms with E-state index in [9.17, 15) is 5.11 Å². The molecule has 2 unspecified atom stereocenters. The fourth-order valence-corrected chi connectivity index (χ4v) is 6.46. The molecule has 0 amide bonds. The number of phenolic OH excluding ortho intramolecular Hbond substituents is 1. The molecule has 0 bridgehead atoms. The average molecular weight is 491 g/mol. The molecular formula is C36H42O. The molecule has 0 heterocycles. The first-order chi connectivity index (χ1) is 17.7. The van der Waals surface area contributed by atoms with Crippen LogP contribution >= 0.6 is 0 Å². The molecule has 37 heavy (non-hydrogen) atoms. The Balaban J connectivity index is 1.37. The highest BCUT2D eigenvalue weighted by Gasteiger charge is 2.28. The van der Waals surface area contributed by atoms with E-state index in [-0.39, 0.29) is 0 Å². The number of benzene rings is 3. The number of phenols is 1. The Morgan fingerprint density at radius 1 is 0.946 bits per heavy atom. The molecule has 3 aromatic carbocycles. The largest absolute Gasteiger partial charge is 0.507 e. The first-order valence-electron chi connectivity index (χ1n) is 14.1. The second kappa shape index (κ2) is 10.4. The summed E-state index contributed by atoms with van der Waals surface area (Å²) >= 11 is 0. The monoisotopic (exact) mass is 490 g/mol. The maximum Gasteiger partial charge on any atom is 0.123 e. The molecule has 2 aliphatic carbocycles. The summed E-state index contributed by atoms with van der Waals surface area (Å²) in [6.45, 7) is 15.8. The van der Waals surface area contributed by atoms with Crippen molar-refractivity contribution in [2.75, 3.05) is 0 Å². The molecule has 0 fully saturated rings. The van der Waals surface area contributed by atoms with Crippen molar-refractivity contribution in [2.24, 2.45) is 17.8 Å². The third-order valence-electron chi connectivity index (χ3n) is 8.56. The molecule has 2 atom stereocenters. The van der Waals surface area contributed by atoms with Crippen LogP contribution in [0.5, 0.6) is 5.75 Å². The van der Waals surface area contributed by atoms with Crippen molar-refractivity contribution < 1.29 is 5.11 Å². The third kappa shape index (κ3) is 5.33.